The first-order chi connectivity index (χ1) is 7.47. The van der Waals surface area contributed by atoms with E-state index in [1.165, 1.54) is 0 Å². The van der Waals surface area contributed by atoms with Crippen molar-refractivity contribution in [2.24, 2.45) is 17.6 Å². The molecule has 3 atom stereocenters. The normalized spacial score (nSPS) is 15.6. The fraction of sp³-hybridized carbons (Fsp3) is 0.923. The summed E-state index contributed by atoms with van der Waals surface area (Å²) in [5.74, 6) is 0.920. The Kier molecular flexibility index (Phi) is 10.9. The lowest BCUT2D eigenvalue weighted by Gasteiger charge is -2.29. The molecule has 2 N–H and O–H groups in total. The summed E-state index contributed by atoms with van der Waals surface area (Å²) in [7, 11) is 0. The van der Waals surface area contributed by atoms with Crippen LogP contribution in [0.5, 0.6) is 0 Å². The smallest absolute Gasteiger partial charge is 0.239 e. The summed E-state index contributed by atoms with van der Waals surface area (Å²) in [5.41, 5.74) is 5.97. The Hall–Kier alpha value is -0.280. The van der Waals surface area contributed by atoms with Gasteiger partial charge in [-0.05, 0) is 18.8 Å². The van der Waals surface area contributed by atoms with Crippen LogP contribution in [-0.2, 0) is 4.79 Å². The van der Waals surface area contributed by atoms with Gasteiger partial charge < -0.3 is 10.6 Å². The van der Waals surface area contributed by atoms with E-state index in [4.69, 9.17) is 5.73 Å². The number of carbonyl (C=O) groups is 1. The van der Waals surface area contributed by atoms with Gasteiger partial charge in [-0.25, -0.2) is 0 Å². The summed E-state index contributed by atoms with van der Waals surface area (Å²) in [4.78, 5) is 14.0. The van der Waals surface area contributed by atoms with Crippen LogP contribution >= 0.6 is 12.4 Å². The summed E-state index contributed by atoms with van der Waals surface area (Å²) in [6, 6.07) is -0.339. The molecule has 0 heterocycles. The van der Waals surface area contributed by atoms with Gasteiger partial charge in [-0.3, -0.25) is 4.79 Å². The van der Waals surface area contributed by atoms with E-state index in [0.717, 1.165) is 25.9 Å². The number of hydrogen-bond acceptors (Lipinski definition) is 2. The van der Waals surface area contributed by atoms with E-state index in [2.05, 4.69) is 20.8 Å². The van der Waals surface area contributed by atoms with Crippen LogP contribution in [0.3, 0.4) is 0 Å². The molecule has 0 aromatic carbocycles. The van der Waals surface area contributed by atoms with Crippen molar-refractivity contribution in [3.05, 3.63) is 0 Å². The highest BCUT2D eigenvalue weighted by molar-refractivity contribution is 5.85. The lowest BCUT2D eigenvalue weighted by Crippen LogP contribution is -2.48. The van der Waals surface area contributed by atoms with Gasteiger partial charge >= 0.3 is 0 Å². The molecule has 3 nitrogen and oxygen atoms in total. The topological polar surface area (TPSA) is 46.3 Å². The van der Waals surface area contributed by atoms with E-state index >= 15 is 0 Å². The zero-order valence-electron chi connectivity index (χ0n) is 11.9. The van der Waals surface area contributed by atoms with E-state index in [9.17, 15) is 4.79 Å². The number of carbonyl (C=O) groups excluding carboxylic acids is 1. The summed E-state index contributed by atoms with van der Waals surface area (Å²) in [6.07, 6.45) is 2.05. The second-order valence-electron chi connectivity index (χ2n) is 4.80. The number of halogens is 1. The summed E-state index contributed by atoms with van der Waals surface area (Å²) >= 11 is 0. The second kappa shape index (κ2) is 9.72. The largest absolute Gasteiger partial charge is 0.341 e. The molecule has 0 spiro atoms. The highest BCUT2D eigenvalue weighted by atomic mass is 35.5. The van der Waals surface area contributed by atoms with Gasteiger partial charge in [0.05, 0.1) is 6.04 Å². The molecule has 0 fully saturated rings. The summed E-state index contributed by atoms with van der Waals surface area (Å²) in [5, 5.41) is 0. The van der Waals surface area contributed by atoms with Gasteiger partial charge in [0, 0.05) is 13.1 Å². The molecule has 3 unspecified atom stereocenters. The van der Waals surface area contributed by atoms with Crippen molar-refractivity contribution in [1.82, 2.24) is 4.90 Å². The minimum absolute atomic E-state index is 0. The summed E-state index contributed by atoms with van der Waals surface area (Å²) < 4.78 is 0. The van der Waals surface area contributed by atoms with Gasteiger partial charge in [-0.1, -0.05) is 40.5 Å². The third-order valence-electron chi connectivity index (χ3n) is 3.46. The maximum Gasteiger partial charge on any atom is 0.239 e. The fourth-order valence-electron chi connectivity index (χ4n) is 1.59. The average Bonchev–Trinajstić information content (AvgIpc) is 2.32. The van der Waals surface area contributed by atoms with Gasteiger partial charge in [0.1, 0.15) is 0 Å². The van der Waals surface area contributed by atoms with E-state index in [0.29, 0.717) is 5.92 Å². The molecule has 1 amide bonds. The molecule has 104 valence electrons. The Morgan fingerprint density at radius 3 is 2.06 bits per heavy atom. The first-order valence-electron chi connectivity index (χ1n) is 6.52. The quantitative estimate of drug-likeness (QED) is 0.769. The van der Waals surface area contributed by atoms with Crippen LogP contribution in [0, 0.1) is 11.8 Å². The first kappa shape index (κ1) is 19.1. The minimum atomic E-state index is -0.339. The lowest BCUT2D eigenvalue weighted by atomic mass is 9.98. The Bertz CT molecular complexity index is 212. The molecule has 4 heteroatoms. The lowest BCUT2D eigenvalue weighted by molar-refractivity contribution is -0.134. The minimum Gasteiger partial charge on any atom is -0.341 e. The van der Waals surface area contributed by atoms with Crippen LogP contribution < -0.4 is 5.73 Å². The van der Waals surface area contributed by atoms with E-state index in [1.54, 1.807) is 0 Å². The Balaban J connectivity index is 0. The predicted molar refractivity (Wildman–Crippen MR) is 76.4 cm³/mol. The van der Waals surface area contributed by atoms with Crippen LogP contribution in [0.4, 0.5) is 0 Å². The number of hydrogen-bond donors (Lipinski definition) is 1. The van der Waals surface area contributed by atoms with E-state index in [-0.39, 0.29) is 30.3 Å². The van der Waals surface area contributed by atoms with Crippen LogP contribution in [0.25, 0.3) is 0 Å². The monoisotopic (exact) mass is 264 g/mol. The van der Waals surface area contributed by atoms with Crippen molar-refractivity contribution < 1.29 is 4.79 Å². The number of nitrogens with two attached hydrogens (primary N) is 1. The molecule has 0 saturated carbocycles. The molecule has 17 heavy (non-hydrogen) atoms. The van der Waals surface area contributed by atoms with Crippen molar-refractivity contribution >= 4 is 18.3 Å². The third-order valence-corrected chi connectivity index (χ3v) is 3.46. The number of likely N-dealkylation sites (N-methyl/N-ethyl adjacent to an activating group) is 1. The highest BCUT2D eigenvalue weighted by Gasteiger charge is 2.24. The number of amides is 1. The fourth-order valence-corrected chi connectivity index (χ4v) is 1.59. The van der Waals surface area contributed by atoms with E-state index < -0.39 is 0 Å². The van der Waals surface area contributed by atoms with Crippen molar-refractivity contribution in [3.8, 4) is 0 Å². The van der Waals surface area contributed by atoms with Gasteiger partial charge in [0.25, 0.3) is 0 Å². The second-order valence-corrected chi connectivity index (χ2v) is 4.80. The van der Waals surface area contributed by atoms with Gasteiger partial charge in [0.2, 0.25) is 5.91 Å². The molecule has 0 radical (unpaired) electrons. The maximum atomic E-state index is 12.1. The molecule has 0 aliphatic carbocycles. The van der Waals surface area contributed by atoms with Crippen molar-refractivity contribution in [2.75, 3.05) is 13.1 Å². The van der Waals surface area contributed by atoms with Crippen LogP contribution in [0.2, 0.25) is 0 Å². The zero-order valence-corrected chi connectivity index (χ0v) is 12.7. The third kappa shape index (κ3) is 6.27. The van der Waals surface area contributed by atoms with Crippen molar-refractivity contribution in [3.63, 3.8) is 0 Å². The van der Waals surface area contributed by atoms with Crippen LogP contribution in [0.1, 0.15) is 47.5 Å². The maximum absolute atomic E-state index is 12.1. The molecule has 0 aromatic rings. The van der Waals surface area contributed by atoms with Crippen LogP contribution in [0.15, 0.2) is 0 Å². The SMILES string of the molecule is CCC(C)CN(CC)C(=O)C(N)C(C)CC.Cl. The molecule has 0 aromatic heterocycles. The standard InChI is InChI=1S/C13H28N2O.ClH/c1-6-10(4)9-15(8-3)13(16)12(14)11(5)7-2;/h10-12H,6-9,14H2,1-5H3;1H. The van der Waals surface area contributed by atoms with Gasteiger partial charge in [-0.2, -0.15) is 0 Å². The Morgan fingerprint density at radius 1 is 1.18 bits per heavy atom. The Morgan fingerprint density at radius 2 is 1.71 bits per heavy atom. The molecule has 0 aliphatic rings. The molecular weight excluding hydrogens is 236 g/mol. The molecule has 0 bridgehead atoms. The first-order valence-corrected chi connectivity index (χ1v) is 6.52. The molecular formula is C13H29ClN2O. The van der Waals surface area contributed by atoms with Crippen molar-refractivity contribution in [1.29, 1.82) is 0 Å². The van der Waals surface area contributed by atoms with Gasteiger partial charge in [0.15, 0.2) is 0 Å². The predicted octanol–water partition coefficient (Wildman–Crippen LogP) is 2.68. The highest BCUT2D eigenvalue weighted by Crippen LogP contribution is 2.11. The molecule has 0 aliphatic heterocycles. The summed E-state index contributed by atoms with van der Waals surface area (Å²) in [6.45, 7) is 12.0. The van der Waals surface area contributed by atoms with E-state index in [1.807, 2.05) is 18.7 Å². The molecule has 0 rings (SSSR count). The van der Waals surface area contributed by atoms with Crippen LogP contribution in [-0.4, -0.2) is 29.9 Å². The number of nitrogens with zero attached hydrogens (tertiary/aromatic N) is 1. The van der Waals surface area contributed by atoms with Gasteiger partial charge in [-0.15, -0.1) is 12.4 Å². The number of rotatable bonds is 7. The molecule has 0 saturated heterocycles. The van der Waals surface area contributed by atoms with Crippen molar-refractivity contribution in [2.45, 2.75) is 53.5 Å². The average molecular weight is 265 g/mol. The Labute approximate surface area is 113 Å². The zero-order chi connectivity index (χ0) is 12.7.